The van der Waals surface area contributed by atoms with E-state index < -0.39 is 0 Å². The van der Waals surface area contributed by atoms with Crippen LogP contribution in [-0.2, 0) is 4.79 Å². The van der Waals surface area contributed by atoms with Gasteiger partial charge in [-0.05, 0) is 31.7 Å². The Morgan fingerprint density at radius 2 is 1.71 bits per heavy atom. The van der Waals surface area contributed by atoms with Gasteiger partial charge in [-0.25, -0.2) is 4.79 Å². The molecule has 0 aliphatic heterocycles. The topological polar surface area (TPSA) is 64.7 Å². The monoisotopic (exact) mass is 292 g/mol. The maximum Gasteiger partial charge on any atom is 0.322 e. The van der Waals surface area contributed by atoms with Crippen molar-refractivity contribution in [1.82, 2.24) is 15.1 Å². The van der Waals surface area contributed by atoms with Gasteiger partial charge in [0.15, 0.2) is 0 Å². The van der Waals surface area contributed by atoms with Crippen LogP contribution in [-0.4, -0.2) is 56.5 Å². The molecule has 1 aromatic rings. The van der Waals surface area contributed by atoms with E-state index in [1.54, 1.807) is 21.1 Å². The third-order valence-corrected chi connectivity index (χ3v) is 3.31. The first-order valence-electron chi connectivity index (χ1n) is 6.84. The molecule has 6 heteroatoms. The Bertz CT molecular complexity index is 485. The number of benzene rings is 1. The Balaban J connectivity index is 2.60. The predicted molar refractivity (Wildman–Crippen MR) is 84.3 cm³/mol. The highest BCUT2D eigenvalue weighted by Crippen LogP contribution is 2.15. The largest absolute Gasteiger partial charge is 0.347 e. The summed E-state index contributed by atoms with van der Waals surface area (Å²) in [5, 5.41) is 5.92. The number of anilines is 1. The van der Waals surface area contributed by atoms with E-state index in [0.717, 1.165) is 5.56 Å². The van der Waals surface area contributed by atoms with E-state index in [-0.39, 0.29) is 24.5 Å². The molecule has 0 aliphatic rings. The van der Waals surface area contributed by atoms with Crippen LogP contribution in [0.15, 0.2) is 24.3 Å². The number of amides is 3. The van der Waals surface area contributed by atoms with Gasteiger partial charge in [-0.15, -0.1) is 0 Å². The lowest BCUT2D eigenvalue weighted by Crippen LogP contribution is -2.39. The summed E-state index contributed by atoms with van der Waals surface area (Å²) < 4.78 is 0. The van der Waals surface area contributed by atoms with Gasteiger partial charge in [0.05, 0.1) is 0 Å². The predicted octanol–water partition coefficient (Wildman–Crippen LogP) is 1.52. The molecule has 1 rings (SSSR count). The third-order valence-electron chi connectivity index (χ3n) is 3.31. The van der Waals surface area contributed by atoms with Crippen LogP contribution in [0, 0.1) is 0 Å². The molecule has 116 valence electrons. The van der Waals surface area contributed by atoms with Gasteiger partial charge < -0.3 is 20.4 Å². The third kappa shape index (κ3) is 5.07. The minimum atomic E-state index is -0.306. The standard InChI is InChI=1S/C15H24N4O2/c1-11(16-2)12-6-8-13(9-7-12)17-15(21)19(5)10-14(20)18(3)4/h6-9,11,16H,10H2,1-5H3,(H,17,21). The number of urea groups is 1. The highest BCUT2D eigenvalue weighted by molar-refractivity contribution is 5.92. The normalized spacial score (nSPS) is 11.7. The first-order chi connectivity index (χ1) is 9.85. The summed E-state index contributed by atoms with van der Waals surface area (Å²) in [6.07, 6.45) is 0. The second-order valence-corrected chi connectivity index (χ2v) is 5.21. The van der Waals surface area contributed by atoms with Crippen molar-refractivity contribution in [3.05, 3.63) is 29.8 Å². The number of carbonyl (C=O) groups excluding carboxylic acids is 2. The summed E-state index contributed by atoms with van der Waals surface area (Å²) in [5.74, 6) is -0.120. The minimum absolute atomic E-state index is 0.0493. The summed E-state index contributed by atoms with van der Waals surface area (Å²) in [4.78, 5) is 26.3. The second kappa shape index (κ2) is 7.64. The summed E-state index contributed by atoms with van der Waals surface area (Å²) in [6.45, 7) is 2.11. The Labute approximate surface area is 126 Å². The fraction of sp³-hybridized carbons (Fsp3) is 0.467. The first kappa shape index (κ1) is 17.0. The summed E-state index contributed by atoms with van der Waals surface area (Å²) >= 11 is 0. The zero-order chi connectivity index (χ0) is 16.0. The van der Waals surface area contributed by atoms with Gasteiger partial charge in [-0.2, -0.15) is 0 Å². The van der Waals surface area contributed by atoms with Crippen LogP contribution in [0.1, 0.15) is 18.5 Å². The molecule has 3 amide bonds. The van der Waals surface area contributed by atoms with Crippen molar-refractivity contribution >= 4 is 17.6 Å². The van der Waals surface area contributed by atoms with Gasteiger partial charge in [0.1, 0.15) is 6.54 Å². The van der Waals surface area contributed by atoms with E-state index in [4.69, 9.17) is 0 Å². The number of nitrogens with one attached hydrogen (secondary N) is 2. The number of carbonyl (C=O) groups is 2. The Morgan fingerprint density at radius 3 is 2.19 bits per heavy atom. The van der Waals surface area contributed by atoms with Crippen LogP contribution in [0.4, 0.5) is 10.5 Å². The highest BCUT2D eigenvalue weighted by atomic mass is 16.2. The molecule has 21 heavy (non-hydrogen) atoms. The van der Waals surface area contributed by atoms with Crippen molar-refractivity contribution in [1.29, 1.82) is 0 Å². The van der Waals surface area contributed by atoms with E-state index >= 15 is 0 Å². The molecule has 1 atom stereocenters. The van der Waals surface area contributed by atoms with Crippen LogP contribution in [0.2, 0.25) is 0 Å². The van der Waals surface area contributed by atoms with E-state index in [1.165, 1.54) is 9.80 Å². The molecule has 0 bridgehead atoms. The second-order valence-electron chi connectivity index (χ2n) is 5.21. The Hall–Kier alpha value is -2.08. The molecule has 2 N–H and O–H groups in total. The van der Waals surface area contributed by atoms with Crippen molar-refractivity contribution in [2.45, 2.75) is 13.0 Å². The Morgan fingerprint density at radius 1 is 1.14 bits per heavy atom. The summed E-state index contributed by atoms with van der Waals surface area (Å²) in [5.41, 5.74) is 1.85. The van der Waals surface area contributed by atoms with Crippen molar-refractivity contribution in [2.24, 2.45) is 0 Å². The van der Waals surface area contributed by atoms with Crippen LogP contribution in [0.5, 0.6) is 0 Å². The molecule has 0 fully saturated rings. The quantitative estimate of drug-likeness (QED) is 0.865. The van der Waals surface area contributed by atoms with Crippen molar-refractivity contribution in [3.8, 4) is 0 Å². The number of rotatable bonds is 5. The molecule has 0 aromatic heterocycles. The lowest BCUT2D eigenvalue weighted by atomic mass is 10.1. The highest BCUT2D eigenvalue weighted by Gasteiger charge is 2.14. The molecule has 0 spiro atoms. The maximum absolute atomic E-state index is 12.0. The zero-order valence-corrected chi connectivity index (χ0v) is 13.3. The van der Waals surface area contributed by atoms with Gasteiger partial charge in [0.2, 0.25) is 5.91 Å². The first-order valence-corrected chi connectivity index (χ1v) is 6.84. The van der Waals surface area contributed by atoms with Crippen molar-refractivity contribution in [2.75, 3.05) is 40.1 Å². The minimum Gasteiger partial charge on any atom is -0.347 e. The molecular weight excluding hydrogens is 268 g/mol. The molecule has 6 nitrogen and oxygen atoms in total. The number of hydrogen-bond donors (Lipinski definition) is 2. The van der Waals surface area contributed by atoms with Crippen LogP contribution in [0.3, 0.4) is 0 Å². The molecule has 0 radical (unpaired) electrons. The van der Waals surface area contributed by atoms with E-state index in [0.29, 0.717) is 5.69 Å². The van der Waals surface area contributed by atoms with E-state index in [1.807, 2.05) is 31.3 Å². The van der Waals surface area contributed by atoms with Gasteiger partial charge in [-0.1, -0.05) is 12.1 Å². The van der Waals surface area contributed by atoms with E-state index in [9.17, 15) is 9.59 Å². The van der Waals surface area contributed by atoms with E-state index in [2.05, 4.69) is 17.6 Å². The fourth-order valence-electron chi connectivity index (χ4n) is 1.66. The van der Waals surface area contributed by atoms with Crippen LogP contribution >= 0.6 is 0 Å². The molecule has 0 saturated carbocycles. The molecule has 1 aromatic carbocycles. The average molecular weight is 292 g/mol. The van der Waals surface area contributed by atoms with Crippen molar-refractivity contribution in [3.63, 3.8) is 0 Å². The van der Waals surface area contributed by atoms with Gasteiger partial charge in [-0.3, -0.25) is 4.79 Å². The average Bonchev–Trinajstić information content (AvgIpc) is 2.46. The number of hydrogen-bond acceptors (Lipinski definition) is 3. The lowest BCUT2D eigenvalue weighted by Gasteiger charge is -2.20. The molecule has 0 aliphatic carbocycles. The summed E-state index contributed by atoms with van der Waals surface area (Å²) in [6, 6.07) is 7.57. The SMILES string of the molecule is CNC(C)c1ccc(NC(=O)N(C)CC(=O)N(C)C)cc1. The maximum atomic E-state index is 12.0. The smallest absolute Gasteiger partial charge is 0.322 e. The van der Waals surface area contributed by atoms with Gasteiger partial charge in [0, 0.05) is 32.9 Å². The molecule has 0 heterocycles. The fourth-order valence-corrected chi connectivity index (χ4v) is 1.66. The zero-order valence-electron chi connectivity index (χ0n) is 13.3. The van der Waals surface area contributed by atoms with Gasteiger partial charge >= 0.3 is 6.03 Å². The summed E-state index contributed by atoms with van der Waals surface area (Å²) in [7, 11) is 6.82. The molecule has 0 saturated heterocycles. The molecular formula is C15H24N4O2. The number of likely N-dealkylation sites (N-methyl/N-ethyl adjacent to an activating group) is 2. The van der Waals surface area contributed by atoms with Gasteiger partial charge in [0.25, 0.3) is 0 Å². The van der Waals surface area contributed by atoms with Crippen LogP contribution in [0.25, 0.3) is 0 Å². The molecule has 1 unspecified atom stereocenters. The van der Waals surface area contributed by atoms with Crippen molar-refractivity contribution < 1.29 is 9.59 Å². The number of nitrogens with zero attached hydrogens (tertiary/aromatic N) is 2. The lowest BCUT2D eigenvalue weighted by molar-refractivity contribution is -0.129. The Kier molecular flexibility index (Phi) is 6.17. The van der Waals surface area contributed by atoms with Crippen LogP contribution < -0.4 is 10.6 Å².